The average Bonchev–Trinajstić information content (AvgIpc) is 2.89. The molecule has 1 aromatic heterocycles. The third-order valence-corrected chi connectivity index (χ3v) is 2.27. The van der Waals surface area contributed by atoms with E-state index in [1.54, 1.807) is 13.1 Å². The summed E-state index contributed by atoms with van der Waals surface area (Å²) in [6.45, 7) is 0.334. The number of aromatic nitrogens is 2. The molecule has 0 radical (unpaired) electrons. The van der Waals surface area contributed by atoms with Crippen LogP contribution < -0.4 is 10.6 Å². The summed E-state index contributed by atoms with van der Waals surface area (Å²) in [4.78, 5) is 14.2. The summed E-state index contributed by atoms with van der Waals surface area (Å²) in [6, 6.07) is 4.66. The third-order valence-electron chi connectivity index (χ3n) is 2.27. The van der Waals surface area contributed by atoms with E-state index in [0.717, 1.165) is 0 Å². The minimum absolute atomic E-state index is 0.0115. The van der Waals surface area contributed by atoms with Crippen molar-refractivity contribution in [2.45, 2.75) is 6.54 Å². The third kappa shape index (κ3) is 2.73. The van der Waals surface area contributed by atoms with Crippen LogP contribution in [0.25, 0.3) is 0 Å². The first-order chi connectivity index (χ1) is 8.69. The SMILES string of the molecule is CNc1cc(NCc2ncon2)cc([N+](=O)[O-])c1. The van der Waals surface area contributed by atoms with E-state index in [2.05, 4.69) is 25.3 Å². The first-order valence-electron chi connectivity index (χ1n) is 5.15. The van der Waals surface area contributed by atoms with Crippen molar-refractivity contribution in [1.29, 1.82) is 0 Å². The molecule has 0 unspecified atom stereocenters. The summed E-state index contributed by atoms with van der Waals surface area (Å²) in [5.74, 6) is 0.479. The highest BCUT2D eigenvalue weighted by Crippen LogP contribution is 2.24. The van der Waals surface area contributed by atoms with Gasteiger partial charge in [-0.15, -0.1) is 0 Å². The molecule has 0 spiro atoms. The molecule has 18 heavy (non-hydrogen) atoms. The molecule has 0 atom stereocenters. The van der Waals surface area contributed by atoms with Crippen LogP contribution in [-0.2, 0) is 6.54 Å². The molecule has 0 aliphatic rings. The maximum atomic E-state index is 10.8. The van der Waals surface area contributed by atoms with Crippen LogP contribution in [0.4, 0.5) is 17.1 Å². The zero-order chi connectivity index (χ0) is 13.0. The number of nitrogens with one attached hydrogen (secondary N) is 2. The van der Waals surface area contributed by atoms with E-state index in [9.17, 15) is 10.1 Å². The van der Waals surface area contributed by atoms with E-state index in [1.807, 2.05) is 0 Å². The molecule has 0 aliphatic carbocycles. The second-order valence-electron chi connectivity index (χ2n) is 3.48. The lowest BCUT2D eigenvalue weighted by atomic mass is 10.2. The summed E-state index contributed by atoms with van der Waals surface area (Å²) in [7, 11) is 1.70. The molecule has 2 N–H and O–H groups in total. The van der Waals surface area contributed by atoms with Gasteiger partial charge in [0.15, 0.2) is 5.82 Å². The van der Waals surface area contributed by atoms with Crippen molar-refractivity contribution in [2.24, 2.45) is 0 Å². The van der Waals surface area contributed by atoms with Crippen LogP contribution in [-0.4, -0.2) is 22.1 Å². The quantitative estimate of drug-likeness (QED) is 0.612. The first kappa shape index (κ1) is 11.8. The Morgan fingerprint density at radius 3 is 2.78 bits per heavy atom. The Morgan fingerprint density at radius 2 is 2.17 bits per heavy atom. The van der Waals surface area contributed by atoms with Gasteiger partial charge in [0.25, 0.3) is 5.69 Å². The monoisotopic (exact) mass is 249 g/mol. The van der Waals surface area contributed by atoms with Crippen LogP contribution in [0, 0.1) is 10.1 Å². The van der Waals surface area contributed by atoms with Gasteiger partial charge in [-0.25, -0.2) is 0 Å². The van der Waals surface area contributed by atoms with Crippen LogP contribution in [0.3, 0.4) is 0 Å². The smallest absolute Gasteiger partial charge is 0.273 e. The van der Waals surface area contributed by atoms with Crippen LogP contribution in [0.5, 0.6) is 0 Å². The molecule has 1 heterocycles. The Bertz CT molecular complexity index is 540. The molecule has 94 valence electrons. The van der Waals surface area contributed by atoms with Crippen molar-refractivity contribution in [3.63, 3.8) is 0 Å². The summed E-state index contributed by atoms with van der Waals surface area (Å²) >= 11 is 0. The highest BCUT2D eigenvalue weighted by molar-refractivity contribution is 5.63. The molecular formula is C10H11N5O3. The van der Waals surface area contributed by atoms with E-state index < -0.39 is 4.92 Å². The minimum atomic E-state index is -0.444. The maximum Gasteiger partial charge on any atom is 0.273 e. The Morgan fingerprint density at radius 1 is 1.39 bits per heavy atom. The van der Waals surface area contributed by atoms with Crippen molar-refractivity contribution in [3.05, 3.63) is 40.5 Å². The first-order valence-corrected chi connectivity index (χ1v) is 5.15. The van der Waals surface area contributed by atoms with Crippen molar-refractivity contribution in [3.8, 4) is 0 Å². The second-order valence-corrected chi connectivity index (χ2v) is 3.48. The number of anilines is 2. The number of hydrogen-bond acceptors (Lipinski definition) is 7. The molecule has 0 aliphatic heterocycles. The van der Waals surface area contributed by atoms with E-state index in [1.165, 1.54) is 18.5 Å². The topological polar surface area (TPSA) is 106 Å². The summed E-state index contributed by atoms with van der Waals surface area (Å²) in [5, 5.41) is 20.2. The predicted molar refractivity (Wildman–Crippen MR) is 64.3 cm³/mol. The Labute approximate surface area is 102 Å². The van der Waals surface area contributed by atoms with Gasteiger partial charge in [-0.3, -0.25) is 10.1 Å². The molecule has 0 saturated carbocycles. The summed E-state index contributed by atoms with van der Waals surface area (Å²) in [5.41, 5.74) is 1.27. The highest BCUT2D eigenvalue weighted by Gasteiger charge is 2.09. The number of nitrogens with zero attached hydrogens (tertiary/aromatic N) is 3. The molecule has 0 fully saturated rings. The maximum absolute atomic E-state index is 10.8. The van der Waals surface area contributed by atoms with Gasteiger partial charge in [-0.2, -0.15) is 4.98 Å². The predicted octanol–water partition coefficient (Wildman–Crippen LogP) is 1.63. The number of hydrogen-bond donors (Lipinski definition) is 2. The lowest BCUT2D eigenvalue weighted by molar-refractivity contribution is -0.384. The molecule has 0 bridgehead atoms. The number of rotatable bonds is 5. The van der Waals surface area contributed by atoms with Crippen molar-refractivity contribution in [1.82, 2.24) is 10.1 Å². The molecule has 8 nitrogen and oxygen atoms in total. The van der Waals surface area contributed by atoms with Gasteiger partial charge in [0.05, 0.1) is 11.5 Å². The normalized spacial score (nSPS) is 10.1. The summed E-state index contributed by atoms with van der Waals surface area (Å²) < 4.78 is 4.59. The minimum Gasteiger partial charge on any atom is -0.388 e. The number of benzene rings is 1. The van der Waals surface area contributed by atoms with E-state index >= 15 is 0 Å². The van der Waals surface area contributed by atoms with Gasteiger partial charge in [0.2, 0.25) is 6.39 Å². The van der Waals surface area contributed by atoms with Crippen LogP contribution in [0.2, 0.25) is 0 Å². The molecule has 0 amide bonds. The van der Waals surface area contributed by atoms with Gasteiger partial charge in [-0.05, 0) is 6.07 Å². The Hall–Kier alpha value is -2.64. The Balaban J connectivity index is 2.16. The van der Waals surface area contributed by atoms with E-state index in [4.69, 9.17) is 0 Å². The Kier molecular flexibility index (Phi) is 3.37. The van der Waals surface area contributed by atoms with Gasteiger partial charge >= 0.3 is 0 Å². The molecular weight excluding hydrogens is 238 g/mol. The van der Waals surface area contributed by atoms with Crippen molar-refractivity contribution >= 4 is 17.1 Å². The second kappa shape index (κ2) is 5.13. The number of non-ortho nitro benzene ring substituents is 1. The zero-order valence-electron chi connectivity index (χ0n) is 9.58. The molecule has 0 saturated heterocycles. The van der Waals surface area contributed by atoms with Gasteiger partial charge in [-0.1, -0.05) is 5.16 Å². The van der Waals surface area contributed by atoms with Crippen LogP contribution >= 0.6 is 0 Å². The molecule has 2 aromatic rings. The fourth-order valence-corrected chi connectivity index (χ4v) is 1.41. The van der Waals surface area contributed by atoms with E-state index in [-0.39, 0.29) is 5.69 Å². The van der Waals surface area contributed by atoms with Gasteiger partial charge in [0.1, 0.15) is 0 Å². The largest absolute Gasteiger partial charge is 0.388 e. The number of nitro groups is 1. The number of nitro benzene ring substituents is 1. The molecule has 2 rings (SSSR count). The van der Waals surface area contributed by atoms with Crippen LogP contribution in [0.1, 0.15) is 5.82 Å². The van der Waals surface area contributed by atoms with E-state index in [0.29, 0.717) is 23.7 Å². The molecule has 1 aromatic carbocycles. The van der Waals surface area contributed by atoms with Crippen molar-refractivity contribution in [2.75, 3.05) is 17.7 Å². The van der Waals surface area contributed by atoms with Crippen LogP contribution in [0.15, 0.2) is 29.1 Å². The lowest BCUT2D eigenvalue weighted by Gasteiger charge is -2.06. The average molecular weight is 249 g/mol. The fraction of sp³-hybridized carbons (Fsp3) is 0.200. The van der Waals surface area contributed by atoms with Gasteiger partial charge < -0.3 is 15.2 Å². The molecule has 8 heteroatoms. The summed E-state index contributed by atoms with van der Waals surface area (Å²) in [6.07, 6.45) is 1.23. The zero-order valence-corrected chi connectivity index (χ0v) is 9.58. The fourth-order valence-electron chi connectivity index (χ4n) is 1.41. The standard InChI is InChI=1S/C10H11N5O3/c1-11-7-2-8(4-9(3-7)15(16)17)12-5-10-13-6-18-14-10/h2-4,6,11-12H,5H2,1H3. The van der Waals surface area contributed by atoms with Gasteiger partial charge in [0, 0.05) is 30.6 Å². The van der Waals surface area contributed by atoms with Crippen molar-refractivity contribution < 1.29 is 9.45 Å². The highest BCUT2D eigenvalue weighted by atomic mass is 16.6. The lowest BCUT2D eigenvalue weighted by Crippen LogP contribution is -2.02.